The summed E-state index contributed by atoms with van der Waals surface area (Å²) in [6, 6.07) is 13.5. The molecular formula is C25H23ClN2O4. The molecule has 1 aromatic heterocycles. The molecule has 1 N–H and O–H groups in total. The first kappa shape index (κ1) is 20.6. The molecule has 32 heavy (non-hydrogen) atoms. The van der Waals surface area contributed by atoms with Gasteiger partial charge < -0.3 is 19.3 Å². The molecule has 0 bridgehead atoms. The minimum absolute atomic E-state index is 0.0185. The van der Waals surface area contributed by atoms with Gasteiger partial charge in [-0.3, -0.25) is 4.79 Å². The standard InChI is InChI=1S/C25H23ClN2O4/c1-13-22-23(14-4-7-17(26)8-5-14)24-18(27-25(22)32-28-13)10-16(11-19(24)29)15-6-9-20(30-2)21(12-15)31-3/h4-9,12,16,23,27H,10-11H2,1-3H3/t16-,23-/m1/s1. The number of carbonyl (C=O) groups excluding carboxylic acids is 1. The largest absolute Gasteiger partial charge is 0.493 e. The Balaban J connectivity index is 1.57. The average molecular weight is 451 g/mol. The van der Waals surface area contributed by atoms with Crippen molar-refractivity contribution in [3.63, 3.8) is 0 Å². The lowest BCUT2D eigenvalue weighted by atomic mass is 9.72. The monoisotopic (exact) mass is 450 g/mol. The number of methoxy groups -OCH3 is 2. The molecule has 0 fully saturated rings. The Kier molecular flexibility index (Phi) is 5.18. The van der Waals surface area contributed by atoms with Crippen LogP contribution < -0.4 is 14.8 Å². The van der Waals surface area contributed by atoms with Crippen molar-refractivity contribution in [2.45, 2.75) is 31.6 Å². The molecular weight excluding hydrogens is 428 g/mol. The summed E-state index contributed by atoms with van der Waals surface area (Å²) in [7, 11) is 3.22. The number of benzene rings is 2. The number of hydrogen-bond donors (Lipinski definition) is 1. The Morgan fingerprint density at radius 1 is 1.03 bits per heavy atom. The van der Waals surface area contributed by atoms with E-state index in [1.165, 1.54) is 0 Å². The summed E-state index contributed by atoms with van der Waals surface area (Å²) in [5, 5.41) is 8.18. The molecule has 0 saturated carbocycles. The van der Waals surface area contributed by atoms with E-state index in [1.807, 2.05) is 49.4 Å². The highest BCUT2D eigenvalue weighted by atomic mass is 35.5. The van der Waals surface area contributed by atoms with Crippen molar-refractivity contribution in [1.29, 1.82) is 0 Å². The van der Waals surface area contributed by atoms with Gasteiger partial charge in [0.15, 0.2) is 17.3 Å². The van der Waals surface area contributed by atoms with Crippen molar-refractivity contribution in [3.8, 4) is 11.5 Å². The zero-order valence-electron chi connectivity index (χ0n) is 18.1. The van der Waals surface area contributed by atoms with Gasteiger partial charge in [-0.05, 0) is 54.7 Å². The summed E-state index contributed by atoms with van der Waals surface area (Å²) in [6.07, 6.45) is 1.10. The maximum absolute atomic E-state index is 13.6. The number of anilines is 1. The Labute approximate surface area is 191 Å². The number of nitrogens with zero attached hydrogens (tertiary/aromatic N) is 1. The molecule has 5 rings (SSSR count). The third kappa shape index (κ3) is 3.35. The number of Topliss-reactive ketones (excluding diaryl/α,β-unsaturated/α-hetero) is 1. The van der Waals surface area contributed by atoms with Crippen LogP contribution in [0.5, 0.6) is 11.5 Å². The third-order valence-corrected chi connectivity index (χ3v) is 6.59. The van der Waals surface area contributed by atoms with Crippen LogP contribution in [0.1, 0.15) is 47.1 Å². The fourth-order valence-corrected chi connectivity index (χ4v) is 4.93. The highest BCUT2D eigenvalue weighted by Crippen LogP contribution is 2.49. The fourth-order valence-electron chi connectivity index (χ4n) is 4.80. The van der Waals surface area contributed by atoms with Gasteiger partial charge in [0.25, 0.3) is 0 Å². The predicted molar refractivity (Wildman–Crippen MR) is 122 cm³/mol. The summed E-state index contributed by atoms with van der Waals surface area (Å²) >= 11 is 6.12. The SMILES string of the molecule is COc1ccc([C@H]2CC(=O)C3=C(C2)Nc2onc(C)c2[C@H]3c2ccc(Cl)cc2)cc1OC. The van der Waals surface area contributed by atoms with Crippen LogP contribution in [0, 0.1) is 6.92 Å². The minimum Gasteiger partial charge on any atom is -0.493 e. The van der Waals surface area contributed by atoms with Crippen LogP contribution in [0.4, 0.5) is 5.88 Å². The molecule has 3 aromatic rings. The topological polar surface area (TPSA) is 73.6 Å². The van der Waals surface area contributed by atoms with Gasteiger partial charge in [0.1, 0.15) is 0 Å². The molecule has 6 nitrogen and oxygen atoms in total. The number of carbonyl (C=O) groups is 1. The van der Waals surface area contributed by atoms with E-state index in [-0.39, 0.29) is 17.6 Å². The zero-order chi connectivity index (χ0) is 22.4. The first-order valence-corrected chi connectivity index (χ1v) is 10.8. The quantitative estimate of drug-likeness (QED) is 0.556. The highest BCUT2D eigenvalue weighted by Gasteiger charge is 2.41. The zero-order valence-corrected chi connectivity index (χ0v) is 18.8. The van der Waals surface area contributed by atoms with Crippen LogP contribution in [0.2, 0.25) is 5.02 Å². The van der Waals surface area contributed by atoms with E-state index in [0.717, 1.165) is 33.7 Å². The van der Waals surface area contributed by atoms with Gasteiger partial charge in [0.2, 0.25) is 5.88 Å². The van der Waals surface area contributed by atoms with Crippen molar-refractivity contribution in [1.82, 2.24) is 5.16 Å². The number of ketones is 1. The third-order valence-electron chi connectivity index (χ3n) is 6.34. The number of halogens is 1. The Morgan fingerprint density at radius 3 is 2.47 bits per heavy atom. The van der Waals surface area contributed by atoms with Crippen molar-refractivity contribution in [2.75, 3.05) is 19.5 Å². The number of nitrogens with one attached hydrogen (secondary N) is 1. The molecule has 0 spiro atoms. The summed E-state index contributed by atoms with van der Waals surface area (Å²) in [5.74, 6) is 1.82. The molecule has 1 aliphatic heterocycles. The maximum Gasteiger partial charge on any atom is 0.233 e. The first-order chi connectivity index (χ1) is 15.5. The summed E-state index contributed by atoms with van der Waals surface area (Å²) < 4.78 is 16.4. The highest BCUT2D eigenvalue weighted by molar-refractivity contribution is 6.30. The molecule has 2 aromatic carbocycles. The second kappa shape index (κ2) is 8.02. The number of allylic oxidation sites excluding steroid dienone is 2. The van der Waals surface area contributed by atoms with Crippen LogP contribution in [0.25, 0.3) is 0 Å². The Bertz CT molecular complexity index is 1230. The van der Waals surface area contributed by atoms with E-state index in [2.05, 4.69) is 10.5 Å². The average Bonchev–Trinajstić information content (AvgIpc) is 3.18. The van der Waals surface area contributed by atoms with Crippen molar-refractivity contribution in [2.24, 2.45) is 0 Å². The van der Waals surface area contributed by atoms with Gasteiger partial charge in [0, 0.05) is 28.6 Å². The van der Waals surface area contributed by atoms with Crippen LogP contribution >= 0.6 is 11.6 Å². The second-order valence-electron chi connectivity index (χ2n) is 8.16. The van der Waals surface area contributed by atoms with Gasteiger partial charge >= 0.3 is 0 Å². The molecule has 0 saturated heterocycles. The van der Waals surface area contributed by atoms with E-state index in [0.29, 0.717) is 35.2 Å². The Hall–Kier alpha value is -3.25. The van der Waals surface area contributed by atoms with Gasteiger partial charge in [-0.15, -0.1) is 0 Å². The molecule has 164 valence electrons. The Morgan fingerprint density at radius 2 is 1.75 bits per heavy atom. The maximum atomic E-state index is 13.6. The molecule has 2 aliphatic rings. The van der Waals surface area contributed by atoms with Gasteiger partial charge in [-0.25, -0.2) is 0 Å². The predicted octanol–water partition coefficient (Wildman–Crippen LogP) is 5.61. The molecule has 0 amide bonds. The minimum atomic E-state index is -0.233. The normalized spacial score (nSPS) is 19.8. The van der Waals surface area contributed by atoms with Gasteiger partial charge in [0.05, 0.1) is 25.5 Å². The van der Waals surface area contributed by atoms with Crippen molar-refractivity contribution in [3.05, 3.63) is 81.1 Å². The van der Waals surface area contributed by atoms with E-state index in [4.69, 9.17) is 25.6 Å². The number of aryl methyl sites for hydroxylation is 1. The fraction of sp³-hybridized carbons (Fsp3) is 0.280. The molecule has 0 radical (unpaired) electrons. The van der Waals surface area contributed by atoms with E-state index < -0.39 is 0 Å². The first-order valence-electron chi connectivity index (χ1n) is 10.5. The van der Waals surface area contributed by atoms with E-state index in [1.54, 1.807) is 14.2 Å². The second-order valence-corrected chi connectivity index (χ2v) is 8.59. The summed E-state index contributed by atoms with van der Waals surface area (Å²) in [4.78, 5) is 13.6. The molecule has 2 heterocycles. The van der Waals surface area contributed by atoms with Gasteiger partial charge in [-0.2, -0.15) is 0 Å². The smallest absolute Gasteiger partial charge is 0.233 e. The molecule has 2 atom stereocenters. The number of rotatable bonds is 4. The van der Waals surface area contributed by atoms with Crippen molar-refractivity contribution >= 4 is 23.3 Å². The van der Waals surface area contributed by atoms with Crippen LogP contribution in [0.15, 0.2) is 58.3 Å². The lowest BCUT2D eigenvalue weighted by Gasteiger charge is -2.34. The van der Waals surface area contributed by atoms with Crippen LogP contribution in [-0.4, -0.2) is 25.2 Å². The molecule has 0 unspecified atom stereocenters. The lowest BCUT2D eigenvalue weighted by molar-refractivity contribution is -0.116. The summed E-state index contributed by atoms with van der Waals surface area (Å²) in [5.41, 5.74) is 5.37. The van der Waals surface area contributed by atoms with E-state index >= 15 is 0 Å². The number of hydrogen-bond acceptors (Lipinski definition) is 6. The van der Waals surface area contributed by atoms with E-state index in [9.17, 15) is 4.79 Å². The van der Waals surface area contributed by atoms with Crippen LogP contribution in [0.3, 0.4) is 0 Å². The lowest BCUT2D eigenvalue weighted by Crippen LogP contribution is -2.29. The van der Waals surface area contributed by atoms with Crippen LogP contribution in [-0.2, 0) is 4.79 Å². The number of aromatic nitrogens is 1. The summed E-state index contributed by atoms with van der Waals surface area (Å²) in [6.45, 7) is 1.90. The number of fused-ring (bicyclic) bond motifs is 1. The van der Waals surface area contributed by atoms with Gasteiger partial charge in [-0.1, -0.05) is 35.0 Å². The number of ether oxygens (including phenoxy) is 2. The molecule has 1 aliphatic carbocycles. The molecule has 7 heteroatoms. The van der Waals surface area contributed by atoms with Crippen molar-refractivity contribution < 1.29 is 18.8 Å².